The van der Waals surface area contributed by atoms with Gasteiger partial charge in [-0.05, 0) is 18.1 Å². The van der Waals surface area contributed by atoms with Crippen LogP contribution in [0.5, 0.6) is 0 Å². The topological polar surface area (TPSA) is 105 Å². The summed E-state index contributed by atoms with van der Waals surface area (Å²) < 4.78 is 0. The molecular weight excluding hydrogens is 234 g/mol. The summed E-state index contributed by atoms with van der Waals surface area (Å²) in [5.41, 5.74) is 5.53. The highest BCUT2D eigenvalue weighted by Gasteiger charge is 2.13. The van der Waals surface area contributed by atoms with Gasteiger partial charge in [0.25, 0.3) is 5.91 Å². The van der Waals surface area contributed by atoms with E-state index in [9.17, 15) is 9.59 Å². The van der Waals surface area contributed by atoms with Gasteiger partial charge in [0, 0.05) is 19.2 Å². The molecule has 1 amide bonds. The van der Waals surface area contributed by atoms with Crippen LogP contribution in [0.2, 0.25) is 0 Å². The fourth-order valence-corrected chi connectivity index (χ4v) is 1.59. The Morgan fingerprint density at radius 3 is 2.83 bits per heavy atom. The van der Waals surface area contributed by atoms with Crippen molar-refractivity contribution < 1.29 is 14.7 Å². The summed E-state index contributed by atoms with van der Waals surface area (Å²) in [5, 5.41) is 11.7. The second-order valence-corrected chi connectivity index (χ2v) is 4.02. The second kappa shape index (κ2) is 6.58. The number of hydrogen-bond donors (Lipinski definition) is 3. The van der Waals surface area contributed by atoms with Gasteiger partial charge < -0.3 is 16.2 Å². The van der Waals surface area contributed by atoms with Crippen molar-refractivity contribution in [1.82, 2.24) is 4.98 Å². The lowest BCUT2D eigenvalue weighted by Gasteiger charge is -2.15. The lowest BCUT2D eigenvalue weighted by atomic mass is 10.0. The molecule has 6 heteroatoms. The summed E-state index contributed by atoms with van der Waals surface area (Å²) in [4.78, 5) is 25.8. The molecule has 1 aromatic rings. The van der Waals surface area contributed by atoms with Crippen molar-refractivity contribution in [3.05, 3.63) is 23.9 Å². The molecule has 1 unspecified atom stereocenters. The van der Waals surface area contributed by atoms with Crippen molar-refractivity contribution >= 4 is 17.7 Å². The van der Waals surface area contributed by atoms with E-state index >= 15 is 0 Å². The molecule has 0 aromatic carbocycles. The molecule has 0 aliphatic rings. The molecule has 4 N–H and O–H groups in total. The molecule has 0 saturated heterocycles. The maximum Gasteiger partial charge on any atom is 0.303 e. The third-order valence-electron chi connectivity index (χ3n) is 2.67. The van der Waals surface area contributed by atoms with E-state index in [0.29, 0.717) is 17.9 Å². The largest absolute Gasteiger partial charge is 0.481 e. The zero-order chi connectivity index (χ0) is 13.5. The van der Waals surface area contributed by atoms with Gasteiger partial charge in [-0.3, -0.25) is 9.59 Å². The third-order valence-corrected chi connectivity index (χ3v) is 2.67. The lowest BCUT2D eigenvalue weighted by Crippen LogP contribution is -2.20. The third kappa shape index (κ3) is 4.04. The van der Waals surface area contributed by atoms with Crippen LogP contribution >= 0.6 is 0 Å². The van der Waals surface area contributed by atoms with E-state index in [2.05, 4.69) is 10.3 Å². The Labute approximate surface area is 105 Å². The van der Waals surface area contributed by atoms with Crippen molar-refractivity contribution in [3.63, 3.8) is 0 Å². The summed E-state index contributed by atoms with van der Waals surface area (Å²) in [6.45, 7) is 2.36. The molecule has 1 heterocycles. The van der Waals surface area contributed by atoms with Gasteiger partial charge in [0.15, 0.2) is 0 Å². The number of aliphatic carboxylic acids is 1. The van der Waals surface area contributed by atoms with Crippen molar-refractivity contribution in [2.24, 2.45) is 11.7 Å². The number of amides is 1. The molecular formula is C12H17N3O3. The number of carboxylic acids is 1. The van der Waals surface area contributed by atoms with E-state index in [1.807, 2.05) is 6.92 Å². The monoisotopic (exact) mass is 251 g/mol. The number of primary amides is 1. The Kier molecular flexibility index (Phi) is 5.10. The average Bonchev–Trinajstić information content (AvgIpc) is 2.34. The van der Waals surface area contributed by atoms with Gasteiger partial charge in [-0.2, -0.15) is 0 Å². The number of carboxylic acid groups (broad SMARTS) is 1. The summed E-state index contributed by atoms with van der Waals surface area (Å²) in [7, 11) is 0. The highest BCUT2D eigenvalue weighted by atomic mass is 16.4. The smallest absolute Gasteiger partial charge is 0.303 e. The Bertz CT molecular complexity index is 434. The predicted molar refractivity (Wildman–Crippen MR) is 67.3 cm³/mol. The normalized spacial score (nSPS) is 11.8. The van der Waals surface area contributed by atoms with Gasteiger partial charge in [-0.15, -0.1) is 0 Å². The Balaban J connectivity index is 2.67. The molecule has 6 nitrogen and oxygen atoms in total. The SMILES string of the molecule is CCC(CNc1ncccc1C(N)=O)CC(=O)O. The molecule has 18 heavy (non-hydrogen) atoms. The van der Waals surface area contributed by atoms with Crippen LogP contribution in [0.25, 0.3) is 0 Å². The average molecular weight is 251 g/mol. The number of carbonyl (C=O) groups excluding carboxylic acids is 1. The van der Waals surface area contributed by atoms with Crippen LogP contribution in [0.1, 0.15) is 30.1 Å². The van der Waals surface area contributed by atoms with E-state index in [1.165, 1.54) is 0 Å². The standard InChI is InChI=1S/C12H17N3O3/c1-2-8(6-10(16)17)7-15-12-9(11(13)18)4-3-5-14-12/h3-5,8H,2,6-7H2,1H3,(H2,13,18)(H,14,15)(H,16,17). The van der Waals surface area contributed by atoms with Crippen LogP contribution in [0.3, 0.4) is 0 Å². The number of carbonyl (C=O) groups is 2. The summed E-state index contributed by atoms with van der Waals surface area (Å²) in [6, 6.07) is 3.20. The number of aromatic nitrogens is 1. The maximum atomic E-state index is 11.2. The Morgan fingerprint density at radius 1 is 1.56 bits per heavy atom. The molecule has 0 aliphatic carbocycles. The van der Waals surface area contributed by atoms with Crippen LogP contribution in [-0.2, 0) is 4.79 Å². The van der Waals surface area contributed by atoms with Gasteiger partial charge in [-0.25, -0.2) is 4.98 Å². The Morgan fingerprint density at radius 2 is 2.28 bits per heavy atom. The van der Waals surface area contributed by atoms with Gasteiger partial charge in [0.1, 0.15) is 5.82 Å². The number of anilines is 1. The van der Waals surface area contributed by atoms with E-state index in [-0.39, 0.29) is 12.3 Å². The van der Waals surface area contributed by atoms with Crippen LogP contribution in [0, 0.1) is 5.92 Å². The molecule has 0 radical (unpaired) electrons. The minimum atomic E-state index is -0.834. The first-order chi connectivity index (χ1) is 8.54. The predicted octanol–water partition coefficient (Wildman–Crippen LogP) is 1.09. The fraction of sp³-hybridized carbons (Fsp3) is 0.417. The summed E-state index contributed by atoms with van der Waals surface area (Å²) in [6.07, 6.45) is 2.37. The summed E-state index contributed by atoms with van der Waals surface area (Å²) >= 11 is 0. The van der Waals surface area contributed by atoms with Crippen molar-refractivity contribution in [2.75, 3.05) is 11.9 Å². The number of pyridine rings is 1. The molecule has 98 valence electrons. The zero-order valence-corrected chi connectivity index (χ0v) is 10.2. The lowest BCUT2D eigenvalue weighted by molar-refractivity contribution is -0.138. The number of nitrogens with zero attached hydrogens (tertiary/aromatic N) is 1. The number of hydrogen-bond acceptors (Lipinski definition) is 4. The number of rotatable bonds is 7. The zero-order valence-electron chi connectivity index (χ0n) is 10.2. The van der Waals surface area contributed by atoms with E-state index < -0.39 is 11.9 Å². The first-order valence-electron chi connectivity index (χ1n) is 5.75. The molecule has 1 rings (SSSR count). The van der Waals surface area contributed by atoms with Gasteiger partial charge in [0.05, 0.1) is 5.56 Å². The minimum absolute atomic E-state index is 0.00904. The molecule has 0 fully saturated rings. The first kappa shape index (κ1) is 14.0. The van der Waals surface area contributed by atoms with Crippen molar-refractivity contribution in [3.8, 4) is 0 Å². The first-order valence-corrected chi connectivity index (χ1v) is 5.75. The van der Waals surface area contributed by atoms with Crippen LogP contribution in [0.4, 0.5) is 5.82 Å². The van der Waals surface area contributed by atoms with Crippen LogP contribution in [-0.4, -0.2) is 28.5 Å². The molecule has 1 atom stereocenters. The quantitative estimate of drug-likeness (QED) is 0.672. The number of nitrogens with one attached hydrogen (secondary N) is 1. The highest BCUT2D eigenvalue weighted by Crippen LogP contribution is 2.14. The van der Waals surface area contributed by atoms with E-state index in [1.54, 1.807) is 18.3 Å². The highest BCUT2D eigenvalue weighted by molar-refractivity contribution is 5.97. The summed E-state index contributed by atoms with van der Waals surface area (Å²) in [5.74, 6) is -1.00. The van der Waals surface area contributed by atoms with Crippen molar-refractivity contribution in [2.45, 2.75) is 19.8 Å². The minimum Gasteiger partial charge on any atom is -0.481 e. The van der Waals surface area contributed by atoms with Gasteiger partial charge >= 0.3 is 5.97 Å². The molecule has 0 bridgehead atoms. The van der Waals surface area contributed by atoms with Crippen LogP contribution in [0.15, 0.2) is 18.3 Å². The van der Waals surface area contributed by atoms with E-state index in [0.717, 1.165) is 6.42 Å². The number of nitrogens with two attached hydrogens (primary N) is 1. The molecule has 0 spiro atoms. The fourth-order valence-electron chi connectivity index (χ4n) is 1.59. The molecule has 0 saturated carbocycles. The Hall–Kier alpha value is -2.11. The van der Waals surface area contributed by atoms with Gasteiger partial charge in [-0.1, -0.05) is 13.3 Å². The van der Waals surface area contributed by atoms with Gasteiger partial charge in [0.2, 0.25) is 0 Å². The maximum absolute atomic E-state index is 11.2. The van der Waals surface area contributed by atoms with Crippen molar-refractivity contribution in [1.29, 1.82) is 0 Å². The molecule has 0 aliphatic heterocycles. The van der Waals surface area contributed by atoms with E-state index in [4.69, 9.17) is 10.8 Å². The second-order valence-electron chi connectivity index (χ2n) is 4.02. The van der Waals surface area contributed by atoms with Crippen LogP contribution < -0.4 is 11.1 Å². The molecule has 1 aromatic heterocycles.